The maximum Gasteiger partial charge on any atom is 0.318 e. The fraction of sp³-hybridized carbons (Fsp3) is 0.833. The summed E-state index contributed by atoms with van der Waals surface area (Å²) in [4.78, 5) is 9.91. The molecule has 0 rings (SSSR count). The van der Waals surface area contributed by atoms with Gasteiger partial charge in [-0.05, 0) is 6.42 Å². The second-order valence-corrected chi connectivity index (χ2v) is 4.21. The van der Waals surface area contributed by atoms with Crippen LogP contribution in [0, 0.1) is 0 Å². The van der Waals surface area contributed by atoms with Crippen molar-refractivity contribution in [1.82, 2.24) is 0 Å². The van der Waals surface area contributed by atoms with Gasteiger partial charge in [0, 0.05) is 4.83 Å². The lowest BCUT2D eigenvalue weighted by Crippen LogP contribution is -2.23. The minimum absolute atomic E-state index is 0.0370. The summed E-state index contributed by atoms with van der Waals surface area (Å²) in [5.74, 6) is -0.810. The molecule has 2 atom stereocenters. The minimum atomic E-state index is -0.810. The van der Waals surface area contributed by atoms with Crippen LogP contribution in [0.5, 0.6) is 0 Å². The Morgan fingerprint density at radius 2 is 2.10 bits per heavy atom. The van der Waals surface area contributed by atoms with Gasteiger partial charge >= 0.3 is 5.97 Å². The topological polar surface area (TPSA) is 37.3 Å². The van der Waals surface area contributed by atoms with Gasteiger partial charge in [-0.2, -0.15) is 0 Å². The third-order valence-electron chi connectivity index (χ3n) is 1.12. The molecule has 0 aliphatic rings. The summed E-state index contributed by atoms with van der Waals surface area (Å²) in [7, 11) is 0. The van der Waals surface area contributed by atoms with Crippen molar-refractivity contribution in [2.24, 2.45) is 0 Å². The van der Waals surface area contributed by atoms with E-state index >= 15 is 0 Å². The first-order chi connectivity index (χ1) is 4.59. The van der Waals surface area contributed by atoms with Gasteiger partial charge in [0.15, 0.2) is 0 Å². The van der Waals surface area contributed by atoms with E-state index in [9.17, 15) is 4.79 Å². The maximum absolute atomic E-state index is 10.3. The predicted octanol–water partition coefficient (Wildman–Crippen LogP) is 2.40. The SMILES string of the molecule is CCC[C@H](Br)[C@H](Br)C(=O)O. The fourth-order valence-corrected chi connectivity index (χ4v) is 1.53. The predicted molar refractivity (Wildman–Crippen MR) is 48.0 cm³/mol. The largest absolute Gasteiger partial charge is 0.480 e. The van der Waals surface area contributed by atoms with E-state index < -0.39 is 10.8 Å². The van der Waals surface area contributed by atoms with Crippen LogP contribution in [-0.2, 0) is 4.79 Å². The number of aliphatic carboxylic acids is 1. The Morgan fingerprint density at radius 3 is 2.40 bits per heavy atom. The first-order valence-corrected chi connectivity index (χ1v) is 4.93. The molecule has 0 heterocycles. The summed E-state index contributed by atoms with van der Waals surface area (Å²) in [5, 5.41) is 8.50. The Morgan fingerprint density at radius 1 is 1.60 bits per heavy atom. The molecule has 10 heavy (non-hydrogen) atoms. The summed E-state index contributed by atoms with van der Waals surface area (Å²) < 4.78 is 0. The second kappa shape index (κ2) is 5.13. The summed E-state index contributed by atoms with van der Waals surface area (Å²) in [5.41, 5.74) is 0. The molecule has 0 unspecified atom stereocenters. The van der Waals surface area contributed by atoms with Crippen LogP contribution in [0.15, 0.2) is 0 Å². The average Bonchev–Trinajstić information content (AvgIpc) is 1.87. The number of alkyl halides is 2. The Bertz CT molecular complexity index is 116. The molecular weight excluding hydrogens is 264 g/mol. The minimum Gasteiger partial charge on any atom is -0.480 e. The van der Waals surface area contributed by atoms with E-state index in [1.54, 1.807) is 0 Å². The lowest BCUT2D eigenvalue weighted by molar-refractivity contribution is -0.136. The third-order valence-corrected chi connectivity index (χ3v) is 3.84. The quantitative estimate of drug-likeness (QED) is 0.799. The molecule has 0 saturated heterocycles. The van der Waals surface area contributed by atoms with Gasteiger partial charge in [0.05, 0.1) is 0 Å². The molecule has 2 nitrogen and oxygen atoms in total. The fourth-order valence-electron chi connectivity index (χ4n) is 0.577. The van der Waals surface area contributed by atoms with Gasteiger partial charge in [0.1, 0.15) is 4.83 Å². The Hall–Kier alpha value is 0.430. The summed E-state index contributed by atoms with van der Waals surface area (Å²) in [6.45, 7) is 2.02. The van der Waals surface area contributed by atoms with Crippen LogP contribution in [0.25, 0.3) is 0 Å². The average molecular weight is 274 g/mol. The first-order valence-electron chi connectivity index (χ1n) is 3.10. The molecule has 60 valence electrons. The molecule has 0 radical (unpaired) electrons. The second-order valence-electron chi connectivity index (χ2n) is 2.04. The summed E-state index contributed by atoms with van der Waals surface area (Å²) in [6.07, 6.45) is 1.87. The highest BCUT2D eigenvalue weighted by molar-refractivity contribution is 9.12. The molecule has 0 aliphatic carbocycles. The highest BCUT2D eigenvalue weighted by atomic mass is 79.9. The van der Waals surface area contributed by atoms with Gasteiger partial charge in [-0.25, -0.2) is 0 Å². The molecule has 0 aromatic heterocycles. The highest BCUT2D eigenvalue weighted by Crippen LogP contribution is 2.18. The number of hydrogen-bond acceptors (Lipinski definition) is 1. The zero-order valence-corrected chi connectivity index (χ0v) is 8.85. The molecule has 0 amide bonds. The molecule has 0 spiro atoms. The molecular formula is C6H10Br2O2. The maximum atomic E-state index is 10.3. The normalized spacial score (nSPS) is 16.3. The van der Waals surface area contributed by atoms with E-state index in [0.717, 1.165) is 12.8 Å². The summed E-state index contributed by atoms with van der Waals surface area (Å²) >= 11 is 6.34. The van der Waals surface area contributed by atoms with Crippen molar-refractivity contribution in [2.45, 2.75) is 29.4 Å². The Labute approximate surface area is 77.3 Å². The van der Waals surface area contributed by atoms with Crippen LogP contribution >= 0.6 is 31.9 Å². The molecule has 0 saturated carbocycles. The number of carbonyl (C=O) groups is 1. The van der Waals surface area contributed by atoms with Crippen LogP contribution in [-0.4, -0.2) is 20.7 Å². The van der Waals surface area contributed by atoms with E-state index in [0.29, 0.717) is 0 Å². The van der Waals surface area contributed by atoms with Crippen molar-refractivity contribution in [1.29, 1.82) is 0 Å². The lowest BCUT2D eigenvalue weighted by Gasteiger charge is -2.10. The van der Waals surface area contributed by atoms with Gasteiger partial charge in [0.2, 0.25) is 0 Å². The third kappa shape index (κ3) is 3.56. The zero-order chi connectivity index (χ0) is 8.15. The van der Waals surface area contributed by atoms with E-state index in [1.807, 2.05) is 6.92 Å². The number of hydrogen-bond donors (Lipinski definition) is 1. The first kappa shape index (κ1) is 10.4. The lowest BCUT2D eigenvalue weighted by atomic mass is 10.2. The zero-order valence-electron chi connectivity index (χ0n) is 5.68. The van der Waals surface area contributed by atoms with Crippen molar-refractivity contribution >= 4 is 37.8 Å². The van der Waals surface area contributed by atoms with Crippen LogP contribution in [0.2, 0.25) is 0 Å². The summed E-state index contributed by atoms with van der Waals surface area (Å²) in [6, 6.07) is 0. The number of rotatable bonds is 4. The van der Waals surface area contributed by atoms with Crippen molar-refractivity contribution in [3.05, 3.63) is 0 Å². The van der Waals surface area contributed by atoms with Crippen molar-refractivity contribution in [3.8, 4) is 0 Å². The number of carboxylic acid groups (broad SMARTS) is 1. The van der Waals surface area contributed by atoms with Crippen LogP contribution in [0.1, 0.15) is 19.8 Å². The van der Waals surface area contributed by atoms with Gasteiger partial charge in [0.25, 0.3) is 0 Å². The van der Waals surface area contributed by atoms with Gasteiger partial charge in [-0.15, -0.1) is 0 Å². The van der Waals surface area contributed by atoms with Crippen molar-refractivity contribution in [2.75, 3.05) is 0 Å². The van der Waals surface area contributed by atoms with E-state index in [1.165, 1.54) is 0 Å². The molecule has 1 N–H and O–H groups in total. The number of carboxylic acids is 1. The molecule has 0 aromatic rings. The van der Waals surface area contributed by atoms with Crippen molar-refractivity contribution in [3.63, 3.8) is 0 Å². The molecule has 0 aliphatic heterocycles. The van der Waals surface area contributed by atoms with Gasteiger partial charge < -0.3 is 5.11 Å². The highest BCUT2D eigenvalue weighted by Gasteiger charge is 2.21. The molecule has 0 fully saturated rings. The van der Waals surface area contributed by atoms with Crippen LogP contribution < -0.4 is 0 Å². The van der Waals surface area contributed by atoms with Gasteiger partial charge in [-0.1, -0.05) is 45.2 Å². The number of halogens is 2. The Balaban J connectivity index is 3.69. The van der Waals surface area contributed by atoms with E-state index in [4.69, 9.17) is 5.11 Å². The molecule has 0 bridgehead atoms. The standard InChI is InChI=1S/C6H10Br2O2/c1-2-3-4(7)5(8)6(9)10/h4-5H,2-3H2,1H3,(H,9,10)/t4-,5-/m0/s1. The Kier molecular flexibility index (Phi) is 5.35. The van der Waals surface area contributed by atoms with Gasteiger partial charge in [-0.3, -0.25) is 4.79 Å². The van der Waals surface area contributed by atoms with Crippen LogP contribution in [0.3, 0.4) is 0 Å². The van der Waals surface area contributed by atoms with E-state index in [2.05, 4.69) is 31.9 Å². The smallest absolute Gasteiger partial charge is 0.318 e. The van der Waals surface area contributed by atoms with Crippen LogP contribution in [0.4, 0.5) is 0 Å². The molecule has 4 heteroatoms. The monoisotopic (exact) mass is 272 g/mol. The van der Waals surface area contributed by atoms with Crippen molar-refractivity contribution < 1.29 is 9.90 Å². The van der Waals surface area contributed by atoms with E-state index in [-0.39, 0.29) is 4.83 Å². The molecule has 0 aromatic carbocycles.